The Bertz CT molecular complexity index is 885. The minimum absolute atomic E-state index is 0.0861. The first kappa shape index (κ1) is 20.5. The van der Waals surface area contributed by atoms with Crippen molar-refractivity contribution in [2.24, 2.45) is 5.73 Å². The molecule has 2 aromatic rings. The standard InChI is InChI=1S/C12H13N3O.C10H16N2O/c13-10(7-8-5-6-15-12(8)14)9-3-1-2-4-11(9)16;1-2-10(13)12-7-4-9(8-12)11-5-3-6-11/h1-7,15-16H,13-14H2;2,9H,1,3-8H2/b10-7-;/t;9-/m.0/s1. The van der Waals surface area contributed by atoms with E-state index in [-0.39, 0.29) is 11.7 Å². The lowest BCUT2D eigenvalue weighted by atomic mass is 10.1. The van der Waals surface area contributed by atoms with Gasteiger partial charge in [0.15, 0.2) is 0 Å². The number of H-pyrrole nitrogens is 1. The number of anilines is 1. The number of nitrogens with one attached hydrogen (secondary N) is 1. The molecule has 7 nitrogen and oxygen atoms in total. The summed E-state index contributed by atoms with van der Waals surface area (Å²) in [6.45, 7) is 7.77. The number of aromatic nitrogens is 1. The van der Waals surface area contributed by atoms with Crippen molar-refractivity contribution in [3.8, 4) is 5.75 Å². The average molecular weight is 396 g/mol. The molecule has 4 rings (SSSR count). The summed E-state index contributed by atoms with van der Waals surface area (Å²) >= 11 is 0. The molecule has 0 saturated carbocycles. The van der Waals surface area contributed by atoms with Crippen molar-refractivity contribution in [2.45, 2.75) is 18.9 Å². The van der Waals surface area contributed by atoms with Crippen LogP contribution in [-0.4, -0.2) is 58.0 Å². The summed E-state index contributed by atoms with van der Waals surface area (Å²) in [5, 5.41) is 9.62. The molecule has 0 spiro atoms. The normalized spacial score (nSPS) is 19.2. The van der Waals surface area contributed by atoms with Crippen LogP contribution >= 0.6 is 0 Å². The molecule has 2 aliphatic rings. The average Bonchev–Trinajstić information content (AvgIpc) is 3.30. The first-order chi connectivity index (χ1) is 14.0. The molecule has 6 N–H and O–H groups in total. The summed E-state index contributed by atoms with van der Waals surface area (Å²) in [5.74, 6) is 0.798. The Morgan fingerprint density at radius 2 is 2.00 bits per heavy atom. The molecule has 0 unspecified atom stereocenters. The van der Waals surface area contributed by atoms with Crippen LogP contribution in [0.2, 0.25) is 0 Å². The van der Waals surface area contributed by atoms with Gasteiger partial charge in [-0.1, -0.05) is 18.7 Å². The van der Waals surface area contributed by atoms with Gasteiger partial charge in [0.2, 0.25) is 5.91 Å². The van der Waals surface area contributed by atoms with Crippen LogP contribution in [0.3, 0.4) is 0 Å². The minimum Gasteiger partial charge on any atom is -0.507 e. The molecule has 154 valence electrons. The van der Waals surface area contributed by atoms with Gasteiger partial charge in [-0.25, -0.2) is 0 Å². The maximum atomic E-state index is 11.3. The monoisotopic (exact) mass is 395 g/mol. The van der Waals surface area contributed by atoms with Crippen molar-refractivity contribution in [2.75, 3.05) is 31.9 Å². The number of nitrogen functional groups attached to an aromatic ring is 1. The maximum Gasteiger partial charge on any atom is 0.246 e. The molecule has 7 heteroatoms. The van der Waals surface area contributed by atoms with Crippen molar-refractivity contribution in [3.05, 3.63) is 60.3 Å². The molecule has 1 aromatic carbocycles. The van der Waals surface area contributed by atoms with Crippen molar-refractivity contribution >= 4 is 23.5 Å². The summed E-state index contributed by atoms with van der Waals surface area (Å²) in [7, 11) is 0. The highest BCUT2D eigenvalue weighted by molar-refractivity contribution is 5.87. The third-order valence-electron chi connectivity index (χ3n) is 5.40. The van der Waals surface area contributed by atoms with Crippen LogP contribution < -0.4 is 11.5 Å². The number of phenols is 1. The van der Waals surface area contributed by atoms with E-state index in [0.29, 0.717) is 23.1 Å². The highest BCUT2D eigenvalue weighted by Crippen LogP contribution is 2.24. The Kier molecular flexibility index (Phi) is 6.61. The first-order valence-corrected chi connectivity index (χ1v) is 9.83. The number of aromatic hydroxyl groups is 1. The third-order valence-corrected chi connectivity index (χ3v) is 5.40. The van der Waals surface area contributed by atoms with E-state index in [2.05, 4.69) is 16.5 Å². The highest BCUT2D eigenvalue weighted by Gasteiger charge is 2.31. The van der Waals surface area contributed by atoms with Gasteiger partial charge in [0, 0.05) is 42.2 Å². The molecule has 2 aliphatic heterocycles. The fourth-order valence-electron chi connectivity index (χ4n) is 3.56. The molecule has 3 heterocycles. The zero-order chi connectivity index (χ0) is 20.8. The number of amides is 1. The van der Waals surface area contributed by atoms with Crippen LogP contribution in [0.25, 0.3) is 11.8 Å². The summed E-state index contributed by atoms with van der Waals surface area (Å²) in [6, 6.07) is 9.35. The number of nitrogens with zero attached hydrogens (tertiary/aromatic N) is 2. The van der Waals surface area contributed by atoms with Crippen LogP contribution in [0, 0.1) is 0 Å². The van der Waals surface area contributed by atoms with Crippen LogP contribution in [0.1, 0.15) is 24.0 Å². The summed E-state index contributed by atoms with van der Waals surface area (Å²) < 4.78 is 0. The largest absolute Gasteiger partial charge is 0.507 e. The highest BCUT2D eigenvalue weighted by atomic mass is 16.3. The molecular formula is C22H29N5O2. The van der Waals surface area contributed by atoms with Gasteiger partial charge in [-0.05, 0) is 56.3 Å². The summed E-state index contributed by atoms with van der Waals surface area (Å²) in [5.41, 5.74) is 13.5. The summed E-state index contributed by atoms with van der Waals surface area (Å²) in [6.07, 6.45) is 7.34. The number of para-hydroxylation sites is 1. The molecule has 2 fully saturated rings. The van der Waals surface area contributed by atoms with Gasteiger partial charge < -0.3 is 26.5 Å². The predicted molar refractivity (Wildman–Crippen MR) is 117 cm³/mol. The molecule has 29 heavy (non-hydrogen) atoms. The molecule has 0 bridgehead atoms. The number of hydrogen-bond acceptors (Lipinski definition) is 5. The van der Waals surface area contributed by atoms with Gasteiger partial charge in [0.1, 0.15) is 11.6 Å². The molecule has 1 amide bonds. The maximum absolute atomic E-state index is 11.3. The predicted octanol–water partition coefficient (Wildman–Crippen LogP) is 2.24. The van der Waals surface area contributed by atoms with Gasteiger partial charge in [-0.2, -0.15) is 0 Å². The second-order valence-electron chi connectivity index (χ2n) is 7.28. The number of benzene rings is 1. The Morgan fingerprint density at radius 1 is 1.24 bits per heavy atom. The first-order valence-electron chi connectivity index (χ1n) is 9.83. The smallest absolute Gasteiger partial charge is 0.246 e. The molecule has 0 aliphatic carbocycles. The number of carbonyl (C=O) groups excluding carboxylic acids is 1. The van der Waals surface area contributed by atoms with Crippen molar-refractivity contribution in [1.82, 2.24) is 14.8 Å². The molecular weight excluding hydrogens is 366 g/mol. The second-order valence-corrected chi connectivity index (χ2v) is 7.28. The molecule has 2 saturated heterocycles. The third kappa shape index (κ3) is 5.00. The lowest BCUT2D eigenvalue weighted by Crippen LogP contribution is -2.46. The SMILES string of the molecule is C=CC(=O)N1CC[C@H](N2CCC2)C1.N/C(=C\c1cc[nH]c1N)c1ccccc1O. The van der Waals surface area contributed by atoms with Crippen LogP contribution in [-0.2, 0) is 4.79 Å². The van der Waals surface area contributed by atoms with E-state index in [0.717, 1.165) is 25.1 Å². The molecule has 1 atom stereocenters. The topological polar surface area (TPSA) is 112 Å². The van der Waals surface area contributed by atoms with Crippen molar-refractivity contribution in [3.63, 3.8) is 0 Å². The van der Waals surface area contributed by atoms with E-state index in [4.69, 9.17) is 11.5 Å². The van der Waals surface area contributed by atoms with E-state index < -0.39 is 0 Å². The van der Waals surface area contributed by atoms with Gasteiger partial charge in [0.25, 0.3) is 0 Å². The number of phenolic OH excluding ortho intramolecular Hbond substituents is 1. The van der Waals surface area contributed by atoms with Gasteiger partial charge in [-0.3, -0.25) is 9.69 Å². The fraction of sp³-hybridized carbons (Fsp3) is 0.318. The molecule has 1 aromatic heterocycles. The fourth-order valence-corrected chi connectivity index (χ4v) is 3.56. The lowest BCUT2D eigenvalue weighted by molar-refractivity contribution is -0.125. The molecule has 0 radical (unpaired) electrons. The number of nitrogens with two attached hydrogens (primary N) is 2. The second kappa shape index (κ2) is 9.34. The number of hydrogen-bond donors (Lipinski definition) is 4. The minimum atomic E-state index is 0.0861. The Balaban J connectivity index is 0.000000169. The van der Waals surface area contributed by atoms with Gasteiger partial charge >= 0.3 is 0 Å². The Hall–Kier alpha value is -3.19. The van der Waals surface area contributed by atoms with Gasteiger partial charge in [0.05, 0.1) is 0 Å². The van der Waals surface area contributed by atoms with E-state index >= 15 is 0 Å². The van der Waals surface area contributed by atoms with Crippen LogP contribution in [0.15, 0.2) is 49.2 Å². The van der Waals surface area contributed by atoms with E-state index in [9.17, 15) is 9.90 Å². The van der Waals surface area contributed by atoms with E-state index in [1.54, 1.807) is 30.5 Å². The van der Waals surface area contributed by atoms with E-state index in [1.165, 1.54) is 25.6 Å². The lowest BCUT2D eigenvalue weighted by Gasteiger charge is -2.36. The number of rotatable bonds is 4. The van der Waals surface area contributed by atoms with Gasteiger partial charge in [-0.15, -0.1) is 0 Å². The zero-order valence-corrected chi connectivity index (χ0v) is 16.6. The van der Waals surface area contributed by atoms with Crippen LogP contribution in [0.4, 0.5) is 5.82 Å². The van der Waals surface area contributed by atoms with E-state index in [1.807, 2.05) is 17.0 Å². The summed E-state index contributed by atoms with van der Waals surface area (Å²) in [4.78, 5) is 18.5. The number of carbonyl (C=O) groups is 1. The Morgan fingerprint density at radius 3 is 2.59 bits per heavy atom. The van der Waals surface area contributed by atoms with Crippen molar-refractivity contribution < 1.29 is 9.90 Å². The zero-order valence-electron chi connectivity index (χ0n) is 16.6. The number of likely N-dealkylation sites (tertiary alicyclic amines) is 2. The van der Waals surface area contributed by atoms with Crippen LogP contribution in [0.5, 0.6) is 5.75 Å². The Labute approximate surface area is 171 Å². The van der Waals surface area contributed by atoms with Crippen molar-refractivity contribution in [1.29, 1.82) is 0 Å². The quantitative estimate of drug-likeness (QED) is 0.593. The number of aromatic amines is 1.